The molecule has 4 aromatic heterocycles. The van der Waals surface area contributed by atoms with Gasteiger partial charge in [0.1, 0.15) is 6.04 Å². The van der Waals surface area contributed by atoms with Gasteiger partial charge in [0.05, 0.1) is 71.6 Å². The SMILES string of the molecule is CC(C)OC(=O)N1CCN([C@H]2c3ccc(Cl)cc3C(C(=N)c3cncn3C)=Cc3cccnc32)CC1.CC(C)OC(=O)N1CCN([C@H]2c3ccc(Cl)cc3C(C(N=[N+]=[N-])c3cncn3C)=Cc3cccnc32)CC1. The number of pyridine rings is 2. The number of rotatable bonds is 9. The lowest BCUT2D eigenvalue weighted by molar-refractivity contribution is 0.0506. The predicted octanol–water partition coefficient (Wildman–Crippen LogP) is 10.3. The van der Waals surface area contributed by atoms with Gasteiger partial charge in [-0.15, -0.1) is 0 Å². The molecule has 2 aliphatic heterocycles. The zero-order valence-corrected chi connectivity index (χ0v) is 43.7. The van der Waals surface area contributed by atoms with Crippen molar-refractivity contribution in [3.63, 3.8) is 0 Å². The quantitative estimate of drug-likeness (QED) is 0.0629. The molecule has 74 heavy (non-hydrogen) atoms. The minimum Gasteiger partial charge on any atom is -0.447 e. The molecule has 0 spiro atoms. The molecular formula is C54H58Cl2N14O4. The first-order valence-corrected chi connectivity index (χ1v) is 25.3. The Kier molecular flexibility index (Phi) is 15.6. The van der Waals surface area contributed by atoms with Crippen molar-refractivity contribution in [3.8, 4) is 0 Å². The van der Waals surface area contributed by atoms with Gasteiger partial charge in [0.2, 0.25) is 0 Å². The standard InChI is InChI=1S/C27H29ClN8O2.C27H29ClN6O2/c1-17(2)38-27(37)36-11-9-35(10-12-36)26-20-7-6-19(28)14-21(20)22(13-18-5-4-8-31-24(18)26)25(32-33-29)23-15-30-16-34(23)3;1-17(2)36-27(35)34-11-9-33(10-12-34)26-20-7-6-19(28)14-21(20)22(13-18-5-4-8-31-25(18)26)24(29)23-15-30-16-32(23)3/h4-8,13-17,25-26H,9-12H2,1-3H3;4-8,13-17,26,29H,9-12H2,1-3H3/t25?,26-;26-/m00/s1. The van der Waals surface area contributed by atoms with E-state index in [0.29, 0.717) is 73.8 Å². The third kappa shape index (κ3) is 10.8. The minimum atomic E-state index is -0.626. The summed E-state index contributed by atoms with van der Waals surface area (Å²) in [4.78, 5) is 54.4. The van der Waals surface area contributed by atoms with Crippen LogP contribution in [0.5, 0.6) is 0 Å². The monoisotopic (exact) mass is 1040 g/mol. The summed E-state index contributed by atoms with van der Waals surface area (Å²) in [5.74, 6) is 0. The first-order chi connectivity index (χ1) is 35.7. The predicted molar refractivity (Wildman–Crippen MR) is 285 cm³/mol. The number of hydrogen-bond donors (Lipinski definition) is 1. The lowest BCUT2D eigenvalue weighted by Crippen LogP contribution is -2.50. The van der Waals surface area contributed by atoms with Crippen molar-refractivity contribution < 1.29 is 19.1 Å². The molecule has 6 heterocycles. The molecule has 0 bridgehead atoms. The first kappa shape index (κ1) is 51.6. The normalized spacial score (nSPS) is 17.9. The fraction of sp³-hybridized carbons (Fsp3) is 0.352. The molecule has 10 rings (SSSR count). The number of aromatic nitrogens is 6. The molecule has 4 aliphatic rings. The van der Waals surface area contributed by atoms with Crippen LogP contribution in [0.4, 0.5) is 9.59 Å². The van der Waals surface area contributed by atoms with Gasteiger partial charge in [-0.3, -0.25) is 25.2 Å². The molecule has 2 amide bonds. The molecular weight excluding hydrogens is 980 g/mol. The van der Waals surface area contributed by atoms with E-state index in [4.69, 9.17) is 48.1 Å². The molecule has 0 saturated carbocycles. The van der Waals surface area contributed by atoms with Gasteiger partial charge in [-0.05, 0) is 121 Å². The maximum absolute atomic E-state index is 12.5. The number of allylic oxidation sites excluding steroid dienone is 1. The van der Waals surface area contributed by atoms with Crippen molar-refractivity contribution in [2.45, 2.75) is 58.0 Å². The van der Waals surface area contributed by atoms with Gasteiger partial charge in [-0.25, -0.2) is 19.6 Å². The van der Waals surface area contributed by atoms with Crippen LogP contribution in [-0.4, -0.2) is 131 Å². The number of fused-ring (bicyclic) bond motifs is 4. The summed E-state index contributed by atoms with van der Waals surface area (Å²) in [6.07, 6.45) is 13.6. The van der Waals surface area contributed by atoms with Crippen LogP contribution in [0.25, 0.3) is 33.7 Å². The topological polar surface area (TPSA) is 200 Å². The lowest BCUT2D eigenvalue weighted by Gasteiger charge is -2.39. The highest BCUT2D eigenvalue weighted by molar-refractivity contribution is 6.35. The Bertz CT molecular complexity index is 3180. The van der Waals surface area contributed by atoms with Crippen molar-refractivity contribution in [3.05, 3.63) is 175 Å². The number of ether oxygens (including phenoxy) is 2. The number of imidazole rings is 2. The van der Waals surface area contributed by atoms with E-state index in [1.54, 1.807) is 41.0 Å². The Labute approximate surface area is 440 Å². The highest BCUT2D eigenvalue weighted by Gasteiger charge is 2.37. The fourth-order valence-electron chi connectivity index (χ4n) is 10.1. The minimum absolute atomic E-state index is 0.148. The third-order valence-corrected chi connectivity index (χ3v) is 14.0. The van der Waals surface area contributed by atoms with Gasteiger partial charge in [0, 0.05) is 106 Å². The second kappa shape index (κ2) is 22.4. The molecule has 1 unspecified atom stereocenters. The van der Waals surface area contributed by atoms with Crippen LogP contribution in [0.3, 0.4) is 0 Å². The Morgan fingerprint density at radius 2 is 1.20 bits per heavy atom. The number of benzene rings is 2. The van der Waals surface area contributed by atoms with Crippen LogP contribution in [0, 0.1) is 5.41 Å². The molecule has 3 atom stereocenters. The van der Waals surface area contributed by atoms with Gasteiger partial charge < -0.3 is 28.4 Å². The highest BCUT2D eigenvalue weighted by atomic mass is 35.5. The van der Waals surface area contributed by atoms with Gasteiger partial charge >= 0.3 is 12.2 Å². The van der Waals surface area contributed by atoms with Crippen LogP contribution in [0.1, 0.15) is 102 Å². The average Bonchev–Trinajstić information content (AvgIpc) is 3.96. The van der Waals surface area contributed by atoms with Gasteiger partial charge in [0.25, 0.3) is 0 Å². The summed E-state index contributed by atoms with van der Waals surface area (Å²) in [7, 11) is 3.76. The highest BCUT2D eigenvalue weighted by Crippen LogP contribution is 2.46. The van der Waals surface area contributed by atoms with E-state index >= 15 is 0 Å². The molecule has 1 N–H and O–H groups in total. The largest absolute Gasteiger partial charge is 0.447 e. The van der Waals surface area contributed by atoms with Gasteiger partial charge in [0.15, 0.2) is 0 Å². The van der Waals surface area contributed by atoms with E-state index in [1.807, 2.05) is 130 Å². The number of halogens is 2. The molecule has 382 valence electrons. The first-order valence-electron chi connectivity index (χ1n) is 24.6. The molecule has 2 saturated heterocycles. The summed E-state index contributed by atoms with van der Waals surface area (Å²) in [6.45, 7) is 12.3. The Balaban J connectivity index is 0.000000182. The molecule has 20 heteroatoms. The van der Waals surface area contributed by atoms with Crippen LogP contribution in [0.2, 0.25) is 10.0 Å². The summed E-state index contributed by atoms with van der Waals surface area (Å²) in [5.41, 5.74) is 20.5. The summed E-state index contributed by atoms with van der Waals surface area (Å²) >= 11 is 13.0. The van der Waals surface area contributed by atoms with Crippen molar-refractivity contribution in [2.75, 3.05) is 52.4 Å². The van der Waals surface area contributed by atoms with Gasteiger partial charge in [-0.1, -0.05) is 52.6 Å². The zero-order valence-electron chi connectivity index (χ0n) is 42.1. The second-order valence-corrected chi connectivity index (χ2v) is 20.0. The number of carbonyl (C=O) groups is 2. The summed E-state index contributed by atoms with van der Waals surface area (Å²) < 4.78 is 14.5. The van der Waals surface area contributed by atoms with Crippen LogP contribution in [-0.2, 0) is 23.6 Å². The van der Waals surface area contributed by atoms with E-state index in [-0.39, 0.29) is 36.5 Å². The van der Waals surface area contributed by atoms with E-state index in [9.17, 15) is 15.1 Å². The van der Waals surface area contributed by atoms with E-state index in [2.05, 4.69) is 29.8 Å². The molecule has 0 radical (unpaired) electrons. The molecule has 18 nitrogen and oxygen atoms in total. The van der Waals surface area contributed by atoms with Crippen molar-refractivity contribution in [1.82, 2.24) is 48.7 Å². The van der Waals surface area contributed by atoms with E-state index < -0.39 is 6.04 Å². The van der Waals surface area contributed by atoms with Gasteiger partial charge in [-0.2, -0.15) is 0 Å². The van der Waals surface area contributed by atoms with Crippen LogP contribution in [0.15, 0.2) is 103 Å². The molecule has 6 aromatic rings. The maximum atomic E-state index is 12.5. The van der Waals surface area contributed by atoms with Crippen molar-refractivity contribution in [2.24, 2.45) is 19.2 Å². The maximum Gasteiger partial charge on any atom is 0.410 e. The summed E-state index contributed by atoms with van der Waals surface area (Å²) in [6, 6.07) is 18.6. The number of carbonyl (C=O) groups excluding carboxylic acids is 2. The number of aryl methyl sites for hydroxylation is 2. The fourth-order valence-corrected chi connectivity index (χ4v) is 10.4. The number of nitrogens with zero attached hydrogens (tertiary/aromatic N) is 13. The number of azide groups is 1. The smallest absolute Gasteiger partial charge is 0.410 e. The Hall–Kier alpha value is -7.34. The third-order valence-electron chi connectivity index (χ3n) is 13.6. The van der Waals surface area contributed by atoms with Crippen molar-refractivity contribution in [1.29, 1.82) is 5.41 Å². The zero-order chi connectivity index (χ0) is 52.2. The molecule has 2 aromatic carbocycles. The number of nitrogens with one attached hydrogen (secondary N) is 1. The second-order valence-electron chi connectivity index (χ2n) is 19.1. The van der Waals surface area contributed by atoms with Crippen molar-refractivity contribution >= 4 is 64.4 Å². The van der Waals surface area contributed by atoms with Crippen LogP contribution < -0.4 is 0 Å². The van der Waals surface area contributed by atoms with E-state index in [1.165, 1.54) is 0 Å². The van der Waals surface area contributed by atoms with E-state index in [0.717, 1.165) is 61.6 Å². The number of amides is 2. The molecule has 2 fully saturated rings. The average molecular weight is 1040 g/mol. The van der Waals surface area contributed by atoms with Crippen LogP contribution >= 0.6 is 23.2 Å². The Morgan fingerprint density at radius 1 is 0.703 bits per heavy atom. The summed E-state index contributed by atoms with van der Waals surface area (Å²) in [5, 5.41) is 14.5. The number of hydrogen-bond acceptors (Lipinski definition) is 12. The number of piperazine rings is 2. The Morgan fingerprint density at radius 3 is 1.69 bits per heavy atom. The lowest BCUT2D eigenvalue weighted by atomic mass is 9.90. The molecule has 2 aliphatic carbocycles.